The van der Waals surface area contributed by atoms with Crippen molar-refractivity contribution in [1.29, 1.82) is 0 Å². The number of nitrogens with zero attached hydrogens (tertiary/aromatic N) is 4. The van der Waals surface area contributed by atoms with Crippen molar-refractivity contribution in [1.82, 2.24) is 20.2 Å². The highest BCUT2D eigenvalue weighted by atomic mass is 35.5. The van der Waals surface area contributed by atoms with Crippen LogP contribution in [0.3, 0.4) is 0 Å². The Morgan fingerprint density at radius 1 is 1.25 bits per heavy atom. The summed E-state index contributed by atoms with van der Waals surface area (Å²) in [5.41, 5.74) is 5.81. The van der Waals surface area contributed by atoms with Crippen LogP contribution in [0.25, 0.3) is 11.4 Å². The molecular weight excluding hydrogens is 412 g/mol. The van der Waals surface area contributed by atoms with Crippen molar-refractivity contribution < 1.29 is 19.0 Å². The smallest absolute Gasteiger partial charge is 0.304 e. The second kappa shape index (κ2) is 9.45. The average molecular weight is 428 g/mol. The van der Waals surface area contributed by atoms with Gasteiger partial charge in [-0.3, -0.25) is 4.79 Å². The highest BCUT2D eigenvalue weighted by Crippen LogP contribution is 2.27. The zero-order valence-corrected chi connectivity index (χ0v) is 15.9. The van der Waals surface area contributed by atoms with Gasteiger partial charge in [0.25, 0.3) is 0 Å². The Labute approximate surface area is 170 Å². The van der Waals surface area contributed by atoms with Crippen LogP contribution in [0.1, 0.15) is 6.42 Å². The van der Waals surface area contributed by atoms with Crippen LogP contribution in [0, 0.1) is 5.82 Å². The molecule has 1 aromatic heterocycles. The third-order valence-electron chi connectivity index (χ3n) is 3.52. The largest absolute Gasteiger partial charge is 0.481 e. The molecule has 0 fully saturated rings. The number of aromatic nitrogens is 4. The standard InChI is InChI=1S/C17H15ClFN5O3.ClH/c18-10-1-3-12(4-2-10)27-13-5-6-14(15(19)8-13)17-21-23-24(22-17)9-11(20)7-16(25)26;/h1-6,8,11H,7,9,20H2,(H,25,26);1H. The summed E-state index contributed by atoms with van der Waals surface area (Å²) in [7, 11) is 0. The molecule has 148 valence electrons. The highest BCUT2D eigenvalue weighted by Gasteiger charge is 2.15. The summed E-state index contributed by atoms with van der Waals surface area (Å²) in [6.07, 6.45) is -0.234. The maximum absolute atomic E-state index is 14.4. The first-order valence-electron chi connectivity index (χ1n) is 7.89. The SMILES string of the molecule is Cl.NC(CC(=O)O)Cn1nnc(-c2ccc(Oc3ccc(Cl)cc3)cc2F)n1. The third-order valence-corrected chi connectivity index (χ3v) is 3.77. The van der Waals surface area contributed by atoms with Crippen molar-refractivity contribution >= 4 is 30.0 Å². The molecule has 3 aromatic rings. The topological polar surface area (TPSA) is 116 Å². The van der Waals surface area contributed by atoms with Crippen LogP contribution in [0.15, 0.2) is 42.5 Å². The third kappa shape index (κ3) is 5.62. The van der Waals surface area contributed by atoms with Crippen LogP contribution in [-0.2, 0) is 11.3 Å². The van der Waals surface area contributed by atoms with E-state index in [1.54, 1.807) is 30.3 Å². The van der Waals surface area contributed by atoms with Crippen molar-refractivity contribution in [3.05, 3.63) is 53.3 Å². The summed E-state index contributed by atoms with van der Waals surface area (Å²) >= 11 is 5.81. The molecule has 3 rings (SSSR count). The van der Waals surface area contributed by atoms with Crippen LogP contribution in [0.5, 0.6) is 11.5 Å². The number of carbonyl (C=O) groups is 1. The molecule has 0 amide bonds. The van der Waals surface area contributed by atoms with E-state index in [0.717, 1.165) is 4.80 Å². The highest BCUT2D eigenvalue weighted by molar-refractivity contribution is 6.30. The Hall–Kier alpha value is -2.75. The van der Waals surface area contributed by atoms with Crippen LogP contribution >= 0.6 is 24.0 Å². The predicted octanol–water partition coefficient (Wildman–Crippen LogP) is 3.15. The van der Waals surface area contributed by atoms with E-state index in [4.69, 9.17) is 27.2 Å². The van der Waals surface area contributed by atoms with E-state index in [1.807, 2.05) is 0 Å². The van der Waals surface area contributed by atoms with E-state index in [2.05, 4.69) is 15.4 Å². The normalized spacial score (nSPS) is 11.5. The zero-order valence-electron chi connectivity index (χ0n) is 14.3. The first-order valence-corrected chi connectivity index (χ1v) is 8.27. The predicted molar refractivity (Wildman–Crippen MR) is 102 cm³/mol. The molecule has 1 unspecified atom stereocenters. The molecule has 0 spiro atoms. The van der Waals surface area contributed by atoms with Crippen molar-refractivity contribution in [2.24, 2.45) is 5.73 Å². The van der Waals surface area contributed by atoms with Gasteiger partial charge >= 0.3 is 5.97 Å². The van der Waals surface area contributed by atoms with Crippen molar-refractivity contribution in [3.63, 3.8) is 0 Å². The molecule has 2 aromatic carbocycles. The number of carboxylic acid groups (broad SMARTS) is 1. The van der Waals surface area contributed by atoms with E-state index >= 15 is 0 Å². The Morgan fingerprint density at radius 3 is 2.57 bits per heavy atom. The number of ether oxygens (including phenoxy) is 1. The Bertz CT molecular complexity index is 952. The number of hydrogen-bond acceptors (Lipinski definition) is 6. The fourth-order valence-electron chi connectivity index (χ4n) is 2.31. The van der Waals surface area contributed by atoms with Gasteiger partial charge in [-0.25, -0.2) is 4.39 Å². The number of carboxylic acids is 1. The summed E-state index contributed by atoms with van der Waals surface area (Å²) in [4.78, 5) is 11.8. The molecule has 3 N–H and O–H groups in total. The van der Waals surface area contributed by atoms with Gasteiger partial charge < -0.3 is 15.6 Å². The monoisotopic (exact) mass is 427 g/mol. The van der Waals surface area contributed by atoms with Gasteiger partial charge in [0.15, 0.2) is 0 Å². The van der Waals surface area contributed by atoms with Crippen molar-refractivity contribution in [3.8, 4) is 22.9 Å². The molecule has 0 aliphatic carbocycles. The molecule has 0 saturated carbocycles. The van der Waals surface area contributed by atoms with Gasteiger partial charge in [0.2, 0.25) is 5.82 Å². The minimum absolute atomic E-state index is 0. The minimum atomic E-state index is -1.02. The number of nitrogens with two attached hydrogens (primary N) is 1. The van der Waals surface area contributed by atoms with Gasteiger partial charge in [-0.2, -0.15) is 4.80 Å². The van der Waals surface area contributed by atoms with Crippen molar-refractivity contribution in [2.45, 2.75) is 19.0 Å². The Kier molecular flexibility index (Phi) is 7.27. The summed E-state index contributed by atoms with van der Waals surface area (Å²) in [6.45, 7) is 0.0542. The van der Waals surface area contributed by atoms with Gasteiger partial charge in [0, 0.05) is 17.1 Å². The van der Waals surface area contributed by atoms with Crippen molar-refractivity contribution in [2.75, 3.05) is 0 Å². The molecule has 0 aliphatic heterocycles. The van der Waals surface area contributed by atoms with Gasteiger partial charge in [-0.1, -0.05) is 11.6 Å². The molecule has 0 bridgehead atoms. The molecule has 0 radical (unpaired) electrons. The number of halogens is 3. The van der Waals surface area contributed by atoms with Gasteiger partial charge in [0.1, 0.15) is 17.3 Å². The number of benzene rings is 2. The summed E-state index contributed by atoms with van der Waals surface area (Å²) in [5, 5.41) is 20.9. The first-order chi connectivity index (χ1) is 12.9. The quantitative estimate of drug-likeness (QED) is 0.594. The van der Waals surface area contributed by atoms with Gasteiger partial charge in [-0.05, 0) is 41.6 Å². The van der Waals surface area contributed by atoms with Crippen LogP contribution < -0.4 is 10.5 Å². The fraction of sp³-hybridized carbons (Fsp3) is 0.176. The lowest BCUT2D eigenvalue weighted by atomic mass is 10.2. The zero-order chi connectivity index (χ0) is 19.4. The maximum atomic E-state index is 14.4. The van der Waals surface area contributed by atoms with Gasteiger partial charge in [-0.15, -0.1) is 22.6 Å². The lowest BCUT2D eigenvalue weighted by molar-refractivity contribution is -0.137. The summed E-state index contributed by atoms with van der Waals surface area (Å²) in [6, 6.07) is 10.2. The van der Waals surface area contributed by atoms with Crippen LogP contribution in [0.2, 0.25) is 5.02 Å². The van der Waals surface area contributed by atoms with Crippen LogP contribution in [-0.4, -0.2) is 37.3 Å². The molecule has 28 heavy (non-hydrogen) atoms. The number of hydrogen-bond donors (Lipinski definition) is 2. The fourth-order valence-corrected chi connectivity index (χ4v) is 2.43. The summed E-state index contributed by atoms with van der Waals surface area (Å²) in [5.74, 6) is -0.730. The molecular formula is C17H16Cl2FN5O3. The van der Waals surface area contributed by atoms with E-state index in [9.17, 15) is 9.18 Å². The lowest BCUT2D eigenvalue weighted by Gasteiger charge is -2.07. The summed E-state index contributed by atoms with van der Waals surface area (Å²) < 4.78 is 20.0. The Morgan fingerprint density at radius 2 is 1.93 bits per heavy atom. The van der Waals surface area contributed by atoms with Gasteiger partial charge in [0.05, 0.1) is 18.5 Å². The lowest BCUT2D eigenvalue weighted by Crippen LogP contribution is -2.30. The molecule has 11 heteroatoms. The molecule has 1 heterocycles. The van der Waals surface area contributed by atoms with Crippen LogP contribution in [0.4, 0.5) is 4.39 Å². The number of aliphatic carboxylic acids is 1. The molecule has 0 aliphatic rings. The average Bonchev–Trinajstić information content (AvgIpc) is 3.04. The Balaban J connectivity index is 0.00000280. The van der Waals surface area contributed by atoms with E-state index in [1.165, 1.54) is 12.1 Å². The molecule has 1 atom stereocenters. The first kappa shape index (κ1) is 21.5. The number of tetrazole rings is 1. The second-order valence-corrected chi connectivity index (χ2v) is 6.16. The number of rotatable bonds is 7. The van der Waals surface area contributed by atoms with E-state index in [0.29, 0.717) is 16.5 Å². The maximum Gasteiger partial charge on any atom is 0.304 e. The molecule has 0 saturated heterocycles. The minimum Gasteiger partial charge on any atom is -0.481 e. The van der Waals surface area contributed by atoms with E-state index < -0.39 is 17.8 Å². The molecule has 8 nitrogen and oxygen atoms in total. The second-order valence-electron chi connectivity index (χ2n) is 5.72. The van der Waals surface area contributed by atoms with E-state index in [-0.39, 0.29) is 36.8 Å².